The van der Waals surface area contributed by atoms with E-state index in [0.717, 1.165) is 36.6 Å². The van der Waals surface area contributed by atoms with E-state index >= 15 is 0 Å². The van der Waals surface area contributed by atoms with Gasteiger partial charge in [0, 0.05) is 118 Å². The maximum absolute atomic E-state index is 4.62. The summed E-state index contributed by atoms with van der Waals surface area (Å²) in [5.74, 6) is 0. The molecule has 0 radical (unpaired) electrons. The first-order chi connectivity index (χ1) is 42.5. The number of unbranched alkanes of at least 4 members (excludes halogenated alkanes) is 3. The Balaban J connectivity index is 0.000000268. The highest BCUT2D eigenvalue weighted by atomic mass is 79.9. The van der Waals surface area contributed by atoms with Crippen molar-refractivity contribution in [2.75, 3.05) is 77.4 Å². The van der Waals surface area contributed by atoms with Gasteiger partial charge >= 0.3 is 0 Å². The van der Waals surface area contributed by atoms with E-state index in [9.17, 15) is 0 Å². The Bertz CT molecular complexity index is 2950. The summed E-state index contributed by atoms with van der Waals surface area (Å²) < 4.78 is 18.3. The summed E-state index contributed by atoms with van der Waals surface area (Å²) in [7, 11) is 12.3. The van der Waals surface area contributed by atoms with Crippen LogP contribution in [0.1, 0.15) is 102 Å². The minimum absolute atomic E-state index is 0. The fourth-order valence-electron chi connectivity index (χ4n) is 9.53. The third-order valence-electron chi connectivity index (χ3n) is 14.8. The maximum atomic E-state index is 4.62. The largest absolute Gasteiger partial charge is 0.378 e. The number of anilines is 3. The Morgan fingerprint density at radius 2 is 0.562 bits per heavy atom. The number of hydrogen-bond donors (Lipinski definition) is 0. The molecule has 0 aliphatic carbocycles. The van der Waals surface area contributed by atoms with Gasteiger partial charge in [-0.1, -0.05) is 197 Å². The molecular weight excluding hydrogens is 1300 g/mol. The maximum Gasteiger partial charge on any atom is 0.173 e. The van der Waals surface area contributed by atoms with Crippen molar-refractivity contribution in [2.45, 2.75) is 108 Å². The third-order valence-corrected chi connectivity index (χ3v) is 16.1. The van der Waals surface area contributed by atoms with E-state index in [1.807, 2.05) is 31.1 Å². The van der Waals surface area contributed by atoms with Gasteiger partial charge in [-0.25, -0.2) is 9.13 Å². The Morgan fingerprint density at radius 3 is 0.798 bits per heavy atom. The van der Waals surface area contributed by atoms with Gasteiger partial charge in [0.2, 0.25) is 0 Å². The van der Waals surface area contributed by atoms with Crippen LogP contribution in [0.3, 0.4) is 0 Å². The molecule has 1 saturated heterocycles. The normalized spacial score (nSPS) is 11.2. The highest BCUT2D eigenvalue weighted by Crippen LogP contribution is 2.17. The van der Waals surface area contributed by atoms with Gasteiger partial charge in [-0.05, 0) is 134 Å². The average molecular weight is 1400 g/mol. The highest BCUT2D eigenvalue weighted by Gasteiger charge is 2.08. The van der Waals surface area contributed by atoms with Gasteiger partial charge in [-0.3, -0.25) is 4.98 Å². The van der Waals surface area contributed by atoms with Gasteiger partial charge in [0.05, 0.1) is 0 Å². The van der Waals surface area contributed by atoms with Crippen LogP contribution in [0.5, 0.6) is 0 Å². The van der Waals surface area contributed by atoms with E-state index in [-0.39, 0.29) is 24.4 Å². The highest BCUT2D eigenvalue weighted by molar-refractivity contribution is 9.08. The summed E-state index contributed by atoms with van der Waals surface area (Å²) in [6, 6.07) is 70.1. The first-order valence-electron chi connectivity index (χ1n) is 30.7. The molecule has 0 saturated carbocycles. The van der Waals surface area contributed by atoms with Gasteiger partial charge < -0.3 is 28.9 Å². The zero-order valence-electron chi connectivity index (χ0n) is 52.9. The van der Waals surface area contributed by atoms with Crippen LogP contribution in [0.2, 0.25) is 0 Å². The lowest BCUT2D eigenvalue weighted by molar-refractivity contribution is -0.688. The Kier molecular flexibility index (Phi) is 37.8. The summed E-state index contributed by atoms with van der Waals surface area (Å²) in [6.07, 6.45) is 26.7. The lowest BCUT2D eigenvalue weighted by atomic mass is 10.0. The van der Waals surface area contributed by atoms with Crippen molar-refractivity contribution in [2.24, 2.45) is 0 Å². The number of hydrogen-bond acceptors (Lipinski definition) is 7. The average Bonchev–Trinajstić information content (AvgIpc) is 3.69. The lowest BCUT2D eigenvalue weighted by Crippen LogP contribution is -2.33. The monoisotopic (exact) mass is 1390 g/mol. The molecule has 1 fully saturated rings. The summed E-state index contributed by atoms with van der Waals surface area (Å²) in [6.45, 7) is 2.94. The second-order valence-electron chi connectivity index (χ2n) is 22.4. The molecule has 1 aliphatic heterocycles. The lowest BCUT2D eigenvalue weighted by Gasteiger charge is -2.10. The number of pyridine rings is 3. The van der Waals surface area contributed by atoms with Crippen LogP contribution in [-0.4, -0.2) is 67.6 Å². The zero-order chi connectivity index (χ0) is 61.5. The molecule has 6 aromatic carbocycles. The summed E-state index contributed by atoms with van der Waals surface area (Å²) >= 11 is 6.96. The Hall–Kier alpha value is -6.51. The molecule has 1 aliphatic rings. The SMILES string of the molecule is Br.BrCc1ccc(CCCCc2ccc(CBr)cc2)cc1.C.C1OCOCO1.CN(C)c1cc[n+](Cc2ccc(CCCCc3ccc(C[n+]4ccc(N(C)C)cc4)cc3)cc2)cc1.CN(C)c1ccncc1.c1ccc(CCCCc2ccccc2)cc1. The molecular formula is C77H99Br3N6O3+2. The van der Waals surface area contributed by atoms with Crippen molar-refractivity contribution in [1.29, 1.82) is 0 Å². The van der Waals surface area contributed by atoms with E-state index in [2.05, 4.69) is 305 Å². The predicted octanol–water partition coefficient (Wildman–Crippen LogP) is 17.6. The van der Waals surface area contributed by atoms with Gasteiger partial charge in [0.15, 0.2) is 58.3 Å². The van der Waals surface area contributed by atoms with Gasteiger partial charge in [-0.15, -0.1) is 17.0 Å². The number of ether oxygens (including phenoxy) is 3. The van der Waals surface area contributed by atoms with E-state index in [1.54, 1.807) is 12.4 Å². The van der Waals surface area contributed by atoms with Gasteiger partial charge in [-0.2, -0.15) is 0 Å². The molecule has 10 rings (SSSR count). The molecule has 0 atom stereocenters. The third kappa shape index (κ3) is 31.2. The molecule has 0 amide bonds. The van der Waals surface area contributed by atoms with Crippen LogP contribution in [0.4, 0.5) is 17.1 Å². The number of aromatic nitrogens is 3. The van der Waals surface area contributed by atoms with Crippen molar-refractivity contribution >= 4 is 65.9 Å². The van der Waals surface area contributed by atoms with Crippen LogP contribution < -0.4 is 23.8 Å². The van der Waals surface area contributed by atoms with E-state index < -0.39 is 0 Å². The summed E-state index contributed by atoms with van der Waals surface area (Å²) in [5.41, 5.74) is 17.7. The van der Waals surface area contributed by atoms with E-state index in [0.29, 0.717) is 20.4 Å². The number of alkyl halides is 2. The first kappa shape index (κ1) is 75.0. The fraction of sp³-hybridized carbons (Fsp3) is 0.338. The molecule has 0 spiro atoms. The number of halogens is 3. The van der Waals surface area contributed by atoms with Crippen molar-refractivity contribution < 1.29 is 23.3 Å². The molecule has 89 heavy (non-hydrogen) atoms. The molecule has 474 valence electrons. The van der Waals surface area contributed by atoms with Gasteiger partial charge in [0.25, 0.3) is 0 Å². The molecule has 3 aromatic heterocycles. The topological polar surface area (TPSA) is 58.1 Å². The molecule has 9 aromatic rings. The van der Waals surface area contributed by atoms with Crippen molar-refractivity contribution in [3.63, 3.8) is 0 Å². The predicted molar refractivity (Wildman–Crippen MR) is 387 cm³/mol. The van der Waals surface area contributed by atoms with Crippen molar-refractivity contribution in [1.82, 2.24) is 4.98 Å². The first-order valence-corrected chi connectivity index (χ1v) is 32.9. The molecule has 4 heterocycles. The van der Waals surface area contributed by atoms with Crippen molar-refractivity contribution in [3.8, 4) is 0 Å². The zero-order valence-corrected chi connectivity index (χ0v) is 57.8. The summed E-state index contributed by atoms with van der Waals surface area (Å²) in [4.78, 5) is 10.2. The molecule has 0 unspecified atom stereocenters. The quantitative estimate of drug-likeness (QED) is 0.0339. The van der Waals surface area contributed by atoms with Gasteiger partial charge in [0.1, 0.15) is 0 Å². The minimum atomic E-state index is 0. The number of rotatable bonds is 24. The molecule has 0 N–H and O–H groups in total. The minimum Gasteiger partial charge on any atom is -0.378 e. The number of benzene rings is 6. The van der Waals surface area contributed by atoms with Crippen molar-refractivity contribution in [3.05, 3.63) is 287 Å². The molecule has 9 nitrogen and oxygen atoms in total. The van der Waals surface area contributed by atoms with Crippen LogP contribution in [-0.2, 0) is 76.5 Å². The fourth-order valence-corrected chi connectivity index (χ4v) is 10.3. The number of nitrogens with zero attached hydrogens (tertiary/aromatic N) is 6. The number of aryl methyl sites for hydroxylation is 6. The second kappa shape index (κ2) is 44.9. The van der Waals surface area contributed by atoms with Crippen LogP contribution in [0.25, 0.3) is 0 Å². The second-order valence-corrected chi connectivity index (χ2v) is 23.6. The van der Waals surface area contributed by atoms with Crippen LogP contribution in [0, 0.1) is 0 Å². The van der Waals surface area contributed by atoms with E-state index in [1.165, 1.54) is 137 Å². The Morgan fingerprint density at radius 1 is 0.326 bits per heavy atom. The molecule has 0 bridgehead atoms. The Labute approximate surface area is 562 Å². The smallest absolute Gasteiger partial charge is 0.173 e. The standard InChI is InChI=1S/C32H40N4.C18H20Br2.C16H18.C7H10N2.C3H6O3.CH4.BrH/c1-33(2)31-17-21-35(22-18-31)25-29-13-9-27(10-14-29)7-5-6-8-28-11-15-30(16-12-28)26-36-23-19-32(20-24-36)34(3)4;19-13-17-9-5-15(6-10-17)3-1-2-4-16-7-11-18(14-20)12-8-16;1-3-9-15(10-4-1)13-7-8-14-16-11-5-2-6-12-16;1-9(2)7-3-5-8-6-4-7;1-4-2-6-3-5-1;;/h9-24H,5-8,25-26H2,1-4H3;5-12H,1-4,13-14H2;1-6,9-12H,7-8,13-14H2;3-6H,1-2H3;1-3H2;1H4;1H/q+2;;;;;;. The van der Waals surface area contributed by atoms with E-state index in [4.69, 9.17) is 0 Å². The van der Waals surface area contributed by atoms with Crippen LogP contribution in [0.15, 0.2) is 231 Å². The summed E-state index contributed by atoms with van der Waals surface area (Å²) in [5, 5.41) is 1.88. The van der Waals surface area contributed by atoms with Crippen LogP contribution >= 0.6 is 48.8 Å². The molecule has 12 heteroatoms.